The minimum absolute atomic E-state index is 0.0923. The molecule has 6 heteroatoms. The molecule has 4 unspecified atom stereocenters. The highest BCUT2D eigenvalue weighted by molar-refractivity contribution is 5.77. The predicted molar refractivity (Wildman–Crippen MR) is 68.7 cm³/mol. The summed E-state index contributed by atoms with van der Waals surface area (Å²) >= 11 is 0. The quantitative estimate of drug-likeness (QED) is 0.663. The van der Waals surface area contributed by atoms with Crippen molar-refractivity contribution >= 4 is 12.0 Å². The van der Waals surface area contributed by atoms with Crippen LogP contribution in [-0.4, -0.2) is 54.2 Å². The Morgan fingerprint density at radius 3 is 2.53 bits per heavy atom. The Balaban J connectivity index is 1.64. The molecule has 3 N–H and O–H groups in total. The van der Waals surface area contributed by atoms with Crippen molar-refractivity contribution in [3.05, 3.63) is 0 Å². The van der Waals surface area contributed by atoms with Gasteiger partial charge in [0.2, 0.25) is 0 Å². The smallest absolute Gasteiger partial charge is 0.317 e. The summed E-state index contributed by atoms with van der Waals surface area (Å²) in [5, 5.41) is 15.5. The maximum absolute atomic E-state index is 12.2. The fourth-order valence-corrected chi connectivity index (χ4v) is 3.96. The van der Waals surface area contributed by atoms with Crippen molar-refractivity contribution < 1.29 is 14.7 Å². The first-order chi connectivity index (χ1) is 9.16. The molecule has 1 aliphatic heterocycles. The van der Waals surface area contributed by atoms with Gasteiger partial charge >= 0.3 is 12.0 Å². The lowest BCUT2D eigenvalue weighted by atomic mass is 9.84. The number of nitrogens with one attached hydrogen (secondary N) is 2. The Morgan fingerprint density at radius 2 is 1.84 bits per heavy atom. The van der Waals surface area contributed by atoms with E-state index in [4.69, 9.17) is 0 Å². The Morgan fingerprint density at radius 1 is 1.16 bits per heavy atom. The first kappa shape index (κ1) is 12.7. The van der Waals surface area contributed by atoms with E-state index in [2.05, 4.69) is 10.6 Å². The number of hydrogen-bond donors (Lipinski definition) is 3. The van der Waals surface area contributed by atoms with Crippen molar-refractivity contribution in [2.24, 2.45) is 17.8 Å². The van der Waals surface area contributed by atoms with Crippen LogP contribution in [0.1, 0.15) is 19.3 Å². The monoisotopic (exact) mass is 267 g/mol. The van der Waals surface area contributed by atoms with Gasteiger partial charge in [0.05, 0.1) is 5.92 Å². The van der Waals surface area contributed by atoms with Crippen LogP contribution in [0.2, 0.25) is 0 Å². The van der Waals surface area contributed by atoms with Gasteiger partial charge in [-0.2, -0.15) is 0 Å². The van der Waals surface area contributed by atoms with E-state index in [1.165, 1.54) is 0 Å². The SMILES string of the molecule is O=C(O)C1C2CCC(C2)C1NC(=O)N1CCNCC1. The minimum atomic E-state index is -0.752. The number of piperazine rings is 1. The molecular weight excluding hydrogens is 246 g/mol. The average molecular weight is 267 g/mol. The Kier molecular flexibility index (Phi) is 3.35. The summed E-state index contributed by atoms with van der Waals surface area (Å²) in [6.07, 6.45) is 3.02. The van der Waals surface area contributed by atoms with Crippen LogP contribution < -0.4 is 10.6 Å². The molecule has 19 heavy (non-hydrogen) atoms. The highest BCUT2D eigenvalue weighted by Crippen LogP contribution is 2.48. The van der Waals surface area contributed by atoms with Crippen LogP contribution in [0.25, 0.3) is 0 Å². The molecule has 1 saturated heterocycles. The second-order valence-corrected chi connectivity index (χ2v) is 5.91. The molecule has 1 heterocycles. The van der Waals surface area contributed by atoms with Gasteiger partial charge in [-0.05, 0) is 31.1 Å². The molecule has 3 fully saturated rings. The van der Waals surface area contributed by atoms with Crippen molar-refractivity contribution in [3.8, 4) is 0 Å². The Hall–Kier alpha value is -1.30. The van der Waals surface area contributed by atoms with Crippen molar-refractivity contribution in [1.82, 2.24) is 15.5 Å². The molecule has 0 spiro atoms. The molecule has 0 aromatic rings. The minimum Gasteiger partial charge on any atom is -0.481 e. The third kappa shape index (κ3) is 2.29. The number of carbonyl (C=O) groups excluding carboxylic acids is 1. The number of carbonyl (C=O) groups is 2. The largest absolute Gasteiger partial charge is 0.481 e. The molecule has 2 bridgehead atoms. The molecule has 0 radical (unpaired) electrons. The van der Waals surface area contributed by atoms with Crippen LogP contribution in [0.4, 0.5) is 4.79 Å². The van der Waals surface area contributed by atoms with E-state index in [-0.39, 0.29) is 23.9 Å². The highest BCUT2D eigenvalue weighted by atomic mass is 16.4. The number of nitrogens with zero attached hydrogens (tertiary/aromatic N) is 1. The van der Waals surface area contributed by atoms with E-state index < -0.39 is 5.97 Å². The zero-order chi connectivity index (χ0) is 13.4. The number of carboxylic acids is 1. The second-order valence-electron chi connectivity index (χ2n) is 5.91. The Labute approximate surface area is 112 Å². The normalized spacial score (nSPS) is 37.4. The van der Waals surface area contributed by atoms with Gasteiger partial charge in [0.25, 0.3) is 0 Å². The predicted octanol–water partition coefficient (Wildman–Crippen LogP) is 0.101. The number of fused-ring (bicyclic) bond motifs is 2. The molecule has 3 rings (SSSR count). The third-order valence-electron chi connectivity index (χ3n) is 4.90. The second kappa shape index (κ2) is 5.00. The molecule has 2 saturated carbocycles. The summed E-state index contributed by atoms with van der Waals surface area (Å²) < 4.78 is 0. The summed E-state index contributed by atoms with van der Waals surface area (Å²) in [6.45, 7) is 3.02. The summed E-state index contributed by atoms with van der Waals surface area (Å²) in [5.41, 5.74) is 0. The van der Waals surface area contributed by atoms with E-state index in [0.29, 0.717) is 19.0 Å². The number of aliphatic carboxylic acids is 1. The van der Waals surface area contributed by atoms with Crippen molar-refractivity contribution in [1.29, 1.82) is 0 Å². The van der Waals surface area contributed by atoms with Gasteiger partial charge in [0.15, 0.2) is 0 Å². The van der Waals surface area contributed by atoms with Crippen LogP contribution >= 0.6 is 0 Å². The highest BCUT2D eigenvalue weighted by Gasteiger charge is 2.51. The maximum Gasteiger partial charge on any atom is 0.317 e. The lowest BCUT2D eigenvalue weighted by molar-refractivity contribution is -0.144. The van der Waals surface area contributed by atoms with E-state index >= 15 is 0 Å². The number of rotatable bonds is 2. The van der Waals surface area contributed by atoms with Gasteiger partial charge in [-0.15, -0.1) is 0 Å². The van der Waals surface area contributed by atoms with Gasteiger partial charge < -0.3 is 20.6 Å². The third-order valence-corrected chi connectivity index (χ3v) is 4.90. The van der Waals surface area contributed by atoms with Gasteiger partial charge in [0.1, 0.15) is 0 Å². The standard InChI is InChI=1S/C13H21N3O3/c17-12(18)10-8-1-2-9(7-8)11(10)15-13(19)16-5-3-14-4-6-16/h8-11,14H,1-7H2,(H,15,19)(H,17,18). The molecule has 4 atom stereocenters. The van der Waals surface area contributed by atoms with E-state index in [0.717, 1.165) is 32.4 Å². The number of amides is 2. The van der Waals surface area contributed by atoms with E-state index in [1.807, 2.05) is 0 Å². The molecule has 3 aliphatic rings. The van der Waals surface area contributed by atoms with Crippen LogP contribution in [0.5, 0.6) is 0 Å². The number of hydrogen-bond acceptors (Lipinski definition) is 3. The lowest BCUT2D eigenvalue weighted by Crippen LogP contribution is -2.55. The topological polar surface area (TPSA) is 81.7 Å². The molecular formula is C13H21N3O3. The summed E-state index contributed by atoms with van der Waals surface area (Å²) in [6, 6.07) is -0.260. The van der Waals surface area contributed by atoms with Gasteiger partial charge in [0, 0.05) is 32.2 Å². The van der Waals surface area contributed by atoms with Gasteiger partial charge in [-0.1, -0.05) is 0 Å². The zero-order valence-electron chi connectivity index (χ0n) is 11.0. The van der Waals surface area contributed by atoms with Crippen molar-refractivity contribution in [3.63, 3.8) is 0 Å². The fraction of sp³-hybridized carbons (Fsp3) is 0.846. The summed E-state index contributed by atoms with van der Waals surface area (Å²) in [7, 11) is 0. The summed E-state index contributed by atoms with van der Waals surface area (Å²) in [4.78, 5) is 25.4. The fourth-order valence-electron chi connectivity index (χ4n) is 3.96. The first-order valence-electron chi connectivity index (χ1n) is 7.16. The lowest BCUT2D eigenvalue weighted by Gasteiger charge is -2.33. The molecule has 2 amide bonds. The molecule has 0 aromatic heterocycles. The van der Waals surface area contributed by atoms with Crippen molar-refractivity contribution in [2.45, 2.75) is 25.3 Å². The van der Waals surface area contributed by atoms with Crippen molar-refractivity contribution in [2.75, 3.05) is 26.2 Å². The van der Waals surface area contributed by atoms with Crippen LogP contribution in [0.15, 0.2) is 0 Å². The maximum atomic E-state index is 12.2. The van der Waals surface area contributed by atoms with Gasteiger partial charge in [-0.25, -0.2) is 4.79 Å². The van der Waals surface area contributed by atoms with Crippen LogP contribution in [-0.2, 0) is 4.79 Å². The zero-order valence-corrected chi connectivity index (χ0v) is 11.0. The van der Waals surface area contributed by atoms with Gasteiger partial charge in [-0.3, -0.25) is 4.79 Å². The molecule has 6 nitrogen and oxygen atoms in total. The first-order valence-corrected chi connectivity index (χ1v) is 7.16. The van der Waals surface area contributed by atoms with Crippen LogP contribution in [0.3, 0.4) is 0 Å². The van der Waals surface area contributed by atoms with E-state index in [1.54, 1.807) is 4.90 Å². The van der Waals surface area contributed by atoms with E-state index in [9.17, 15) is 14.7 Å². The summed E-state index contributed by atoms with van der Waals surface area (Å²) in [5.74, 6) is -0.516. The average Bonchev–Trinajstić information content (AvgIpc) is 3.00. The number of carboxylic acid groups (broad SMARTS) is 1. The molecule has 2 aliphatic carbocycles. The molecule has 0 aromatic carbocycles. The Bertz CT molecular complexity index is 381. The number of urea groups is 1. The van der Waals surface area contributed by atoms with Crippen LogP contribution in [0, 0.1) is 17.8 Å². The molecule has 106 valence electrons.